The SMILES string of the molecule is CCOC(=O)C1CCCN1c1cc(F)cc([N+](=O)[O-])c1. The number of benzene rings is 1. The van der Waals surface area contributed by atoms with Crippen LogP contribution in [-0.2, 0) is 9.53 Å². The molecule has 1 unspecified atom stereocenters. The van der Waals surface area contributed by atoms with Crippen LogP contribution in [0.25, 0.3) is 0 Å². The lowest BCUT2D eigenvalue weighted by Crippen LogP contribution is -2.37. The van der Waals surface area contributed by atoms with Gasteiger partial charge in [-0.2, -0.15) is 0 Å². The topological polar surface area (TPSA) is 72.7 Å². The van der Waals surface area contributed by atoms with Gasteiger partial charge in [-0.05, 0) is 25.8 Å². The van der Waals surface area contributed by atoms with Gasteiger partial charge in [-0.3, -0.25) is 10.1 Å². The first kappa shape index (κ1) is 14.2. The average Bonchev–Trinajstić information content (AvgIpc) is 2.87. The normalized spacial score (nSPS) is 18.1. The molecular formula is C13H15FN2O4. The molecule has 1 aliphatic heterocycles. The third kappa shape index (κ3) is 2.87. The first-order valence-electron chi connectivity index (χ1n) is 6.41. The number of hydrogen-bond acceptors (Lipinski definition) is 5. The maximum Gasteiger partial charge on any atom is 0.328 e. The summed E-state index contributed by atoms with van der Waals surface area (Å²) in [7, 11) is 0. The average molecular weight is 282 g/mol. The van der Waals surface area contributed by atoms with Crippen molar-refractivity contribution in [1.29, 1.82) is 0 Å². The van der Waals surface area contributed by atoms with Gasteiger partial charge < -0.3 is 9.64 Å². The summed E-state index contributed by atoms with van der Waals surface area (Å²) in [5.74, 6) is -1.07. The monoisotopic (exact) mass is 282 g/mol. The van der Waals surface area contributed by atoms with Gasteiger partial charge in [0.25, 0.3) is 5.69 Å². The van der Waals surface area contributed by atoms with Crippen molar-refractivity contribution >= 4 is 17.3 Å². The Hall–Kier alpha value is -2.18. The van der Waals surface area contributed by atoms with Crippen LogP contribution in [0.4, 0.5) is 15.8 Å². The molecule has 6 nitrogen and oxygen atoms in total. The van der Waals surface area contributed by atoms with Crippen LogP contribution in [0.15, 0.2) is 18.2 Å². The van der Waals surface area contributed by atoms with E-state index in [0.29, 0.717) is 18.7 Å². The van der Waals surface area contributed by atoms with E-state index >= 15 is 0 Å². The van der Waals surface area contributed by atoms with Gasteiger partial charge in [-0.25, -0.2) is 9.18 Å². The molecular weight excluding hydrogens is 267 g/mol. The molecule has 7 heteroatoms. The van der Waals surface area contributed by atoms with Gasteiger partial charge in [0.15, 0.2) is 0 Å². The Labute approximate surface area is 115 Å². The van der Waals surface area contributed by atoms with Crippen LogP contribution in [0.2, 0.25) is 0 Å². The van der Waals surface area contributed by atoms with Crippen LogP contribution in [0.5, 0.6) is 0 Å². The van der Waals surface area contributed by atoms with Crippen LogP contribution < -0.4 is 4.90 Å². The Morgan fingerprint density at radius 1 is 1.55 bits per heavy atom. The van der Waals surface area contributed by atoms with Crippen LogP contribution in [0, 0.1) is 15.9 Å². The second kappa shape index (κ2) is 5.85. The fourth-order valence-corrected chi connectivity index (χ4v) is 2.39. The van der Waals surface area contributed by atoms with Crippen LogP contribution in [0.3, 0.4) is 0 Å². The summed E-state index contributed by atoms with van der Waals surface area (Å²) >= 11 is 0. The molecule has 1 saturated heterocycles. The Morgan fingerprint density at radius 2 is 2.30 bits per heavy atom. The number of nitro benzene ring substituents is 1. The summed E-state index contributed by atoms with van der Waals surface area (Å²) in [6.45, 7) is 2.53. The fraction of sp³-hybridized carbons (Fsp3) is 0.462. The maximum atomic E-state index is 13.5. The van der Waals surface area contributed by atoms with Crippen LogP contribution in [-0.4, -0.2) is 30.1 Å². The molecule has 1 heterocycles. The zero-order chi connectivity index (χ0) is 14.7. The van der Waals surface area contributed by atoms with E-state index in [4.69, 9.17) is 4.74 Å². The fourth-order valence-electron chi connectivity index (χ4n) is 2.39. The summed E-state index contributed by atoms with van der Waals surface area (Å²) in [5.41, 5.74) is 0.0155. The Bertz CT molecular complexity index is 535. The minimum absolute atomic E-state index is 0.270. The second-order valence-electron chi connectivity index (χ2n) is 4.53. The van der Waals surface area contributed by atoms with Crippen molar-refractivity contribution in [3.63, 3.8) is 0 Å². The van der Waals surface area contributed by atoms with Gasteiger partial charge in [0.1, 0.15) is 11.9 Å². The van der Waals surface area contributed by atoms with Gasteiger partial charge in [0.05, 0.1) is 17.6 Å². The molecule has 0 aliphatic carbocycles. The number of anilines is 1. The van der Waals surface area contributed by atoms with E-state index in [1.54, 1.807) is 11.8 Å². The van der Waals surface area contributed by atoms with E-state index in [9.17, 15) is 19.3 Å². The van der Waals surface area contributed by atoms with E-state index in [1.807, 2.05) is 0 Å². The molecule has 1 fully saturated rings. The molecule has 0 aromatic heterocycles. The van der Waals surface area contributed by atoms with Gasteiger partial charge in [0.2, 0.25) is 0 Å². The first-order chi connectivity index (χ1) is 9.52. The summed E-state index contributed by atoms with van der Waals surface area (Å²) in [6.07, 6.45) is 1.36. The predicted octanol–water partition coefficient (Wildman–Crippen LogP) is 2.27. The van der Waals surface area contributed by atoms with Crippen molar-refractivity contribution in [3.8, 4) is 0 Å². The molecule has 0 N–H and O–H groups in total. The first-order valence-corrected chi connectivity index (χ1v) is 6.41. The minimum Gasteiger partial charge on any atom is -0.464 e. The van der Waals surface area contributed by atoms with E-state index in [-0.39, 0.29) is 18.3 Å². The molecule has 108 valence electrons. The Kier molecular flexibility index (Phi) is 4.16. The highest BCUT2D eigenvalue weighted by molar-refractivity contribution is 5.81. The summed E-state index contributed by atoms with van der Waals surface area (Å²) in [4.78, 5) is 23.6. The molecule has 2 rings (SSSR count). The molecule has 1 aromatic carbocycles. The number of ether oxygens (including phenoxy) is 1. The zero-order valence-corrected chi connectivity index (χ0v) is 11.0. The lowest BCUT2D eigenvalue weighted by molar-refractivity contribution is -0.385. The standard InChI is InChI=1S/C13H15FN2O4/c1-2-20-13(17)12-4-3-5-15(12)10-6-9(14)7-11(8-10)16(18)19/h6-8,12H,2-5H2,1H3. The summed E-state index contributed by atoms with van der Waals surface area (Å²) in [6, 6.07) is 2.83. The number of non-ortho nitro benzene ring substituents is 1. The van der Waals surface area contributed by atoms with Gasteiger partial charge in [-0.15, -0.1) is 0 Å². The second-order valence-corrected chi connectivity index (χ2v) is 4.53. The highest BCUT2D eigenvalue weighted by atomic mass is 19.1. The third-order valence-electron chi connectivity index (χ3n) is 3.22. The number of esters is 1. The number of nitro groups is 1. The molecule has 0 amide bonds. The number of nitrogens with zero attached hydrogens (tertiary/aromatic N) is 2. The summed E-state index contributed by atoms with van der Waals surface area (Å²) < 4.78 is 18.4. The van der Waals surface area contributed by atoms with Crippen LogP contribution >= 0.6 is 0 Å². The highest BCUT2D eigenvalue weighted by Crippen LogP contribution is 2.30. The number of carbonyl (C=O) groups excluding carboxylic acids is 1. The molecule has 0 radical (unpaired) electrons. The predicted molar refractivity (Wildman–Crippen MR) is 70.1 cm³/mol. The van der Waals surface area contributed by atoms with Crippen molar-refractivity contribution in [3.05, 3.63) is 34.1 Å². The lowest BCUT2D eigenvalue weighted by atomic mass is 10.2. The lowest BCUT2D eigenvalue weighted by Gasteiger charge is -2.25. The van der Waals surface area contributed by atoms with E-state index < -0.39 is 16.8 Å². The van der Waals surface area contributed by atoms with Crippen molar-refractivity contribution in [2.75, 3.05) is 18.1 Å². The molecule has 20 heavy (non-hydrogen) atoms. The third-order valence-corrected chi connectivity index (χ3v) is 3.22. The minimum atomic E-state index is -0.691. The number of rotatable bonds is 4. The zero-order valence-electron chi connectivity index (χ0n) is 11.0. The van der Waals surface area contributed by atoms with Crippen molar-refractivity contribution in [2.24, 2.45) is 0 Å². The summed E-state index contributed by atoms with van der Waals surface area (Å²) in [5, 5.41) is 10.8. The van der Waals surface area contributed by atoms with Crippen molar-refractivity contribution in [2.45, 2.75) is 25.8 Å². The Balaban J connectivity index is 2.30. The van der Waals surface area contributed by atoms with Gasteiger partial charge in [0, 0.05) is 18.3 Å². The molecule has 0 saturated carbocycles. The molecule has 0 spiro atoms. The van der Waals surface area contributed by atoms with Gasteiger partial charge in [-0.1, -0.05) is 0 Å². The van der Waals surface area contributed by atoms with E-state index in [2.05, 4.69) is 0 Å². The molecule has 1 atom stereocenters. The van der Waals surface area contributed by atoms with E-state index in [1.165, 1.54) is 12.1 Å². The largest absolute Gasteiger partial charge is 0.464 e. The van der Waals surface area contributed by atoms with Crippen molar-refractivity contribution in [1.82, 2.24) is 0 Å². The number of carbonyl (C=O) groups is 1. The Morgan fingerprint density at radius 3 is 2.95 bits per heavy atom. The molecule has 0 bridgehead atoms. The van der Waals surface area contributed by atoms with Crippen molar-refractivity contribution < 1.29 is 18.8 Å². The maximum absolute atomic E-state index is 13.5. The van der Waals surface area contributed by atoms with E-state index in [0.717, 1.165) is 12.5 Å². The molecule has 1 aromatic rings. The highest BCUT2D eigenvalue weighted by Gasteiger charge is 2.32. The smallest absolute Gasteiger partial charge is 0.328 e. The van der Waals surface area contributed by atoms with Gasteiger partial charge >= 0.3 is 5.97 Å². The number of halogens is 1. The quantitative estimate of drug-likeness (QED) is 0.481. The molecule has 1 aliphatic rings. The van der Waals surface area contributed by atoms with Crippen LogP contribution in [0.1, 0.15) is 19.8 Å². The number of hydrogen-bond donors (Lipinski definition) is 0.